The number of hydrogen-bond acceptors (Lipinski definition) is 5. The molecule has 152 valence electrons. The topological polar surface area (TPSA) is 67.9 Å². The van der Waals surface area contributed by atoms with Crippen molar-refractivity contribution in [2.75, 3.05) is 40.0 Å². The SMILES string of the molecule is COc1ccc(C(CNS(=O)(=O)c2ccc(F)cc2F)N2CCOCC2)cc1. The highest BCUT2D eigenvalue weighted by Gasteiger charge is 2.26. The van der Waals surface area contributed by atoms with Crippen molar-refractivity contribution >= 4 is 10.0 Å². The Morgan fingerprint density at radius 2 is 1.82 bits per heavy atom. The number of nitrogens with zero attached hydrogens (tertiary/aromatic N) is 1. The van der Waals surface area contributed by atoms with E-state index in [-0.39, 0.29) is 12.6 Å². The van der Waals surface area contributed by atoms with Crippen LogP contribution in [0.25, 0.3) is 0 Å². The molecule has 0 saturated carbocycles. The number of sulfonamides is 1. The predicted molar refractivity (Wildman–Crippen MR) is 99.7 cm³/mol. The average Bonchev–Trinajstić information content (AvgIpc) is 2.69. The highest BCUT2D eigenvalue weighted by molar-refractivity contribution is 7.89. The summed E-state index contributed by atoms with van der Waals surface area (Å²) in [5.41, 5.74) is 0.893. The molecule has 2 aromatic rings. The third-order valence-electron chi connectivity index (χ3n) is 4.64. The quantitative estimate of drug-likeness (QED) is 0.756. The van der Waals surface area contributed by atoms with Gasteiger partial charge in [-0.25, -0.2) is 21.9 Å². The first-order valence-electron chi connectivity index (χ1n) is 8.81. The van der Waals surface area contributed by atoms with Crippen molar-refractivity contribution in [3.05, 3.63) is 59.7 Å². The van der Waals surface area contributed by atoms with Crippen LogP contribution in [0.3, 0.4) is 0 Å². The largest absolute Gasteiger partial charge is 0.497 e. The Balaban J connectivity index is 1.82. The minimum atomic E-state index is -4.14. The molecule has 1 unspecified atom stereocenters. The maximum Gasteiger partial charge on any atom is 0.243 e. The number of ether oxygens (including phenoxy) is 2. The van der Waals surface area contributed by atoms with Crippen molar-refractivity contribution in [2.45, 2.75) is 10.9 Å². The van der Waals surface area contributed by atoms with E-state index in [1.54, 1.807) is 19.2 Å². The molecule has 3 rings (SSSR count). The Bertz CT molecular complexity index is 901. The number of benzene rings is 2. The summed E-state index contributed by atoms with van der Waals surface area (Å²) in [4.78, 5) is 1.53. The molecule has 6 nitrogen and oxygen atoms in total. The minimum absolute atomic E-state index is 0.0332. The van der Waals surface area contributed by atoms with Crippen molar-refractivity contribution in [1.29, 1.82) is 0 Å². The monoisotopic (exact) mass is 412 g/mol. The molecule has 1 heterocycles. The first-order valence-corrected chi connectivity index (χ1v) is 10.3. The van der Waals surface area contributed by atoms with Gasteiger partial charge >= 0.3 is 0 Å². The second-order valence-corrected chi connectivity index (χ2v) is 8.10. The number of rotatable bonds is 7. The first-order chi connectivity index (χ1) is 13.4. The van der Waals surface area contributed by atoms with Crippen LogP contribution in [-0.2, 0) is 14.8 Å². The molecule has 1 fully saturated rings. The van der Waals surface area contributed by atoms with Gasteiger partial charge in [-0.3, -0.25) is 4.90 Å². The lowest BCUT2D eigenvalue weighted by Gasteiger charge is -2.35. The van der Waals surface area contributed by atoms with Gasteiger partial charge in [0.25, 0.3) is 0 Å². The number of halogens is 2. The van der Waals surface area contributed by atoms with Crippen LogP contribution in [0.4, 0.5) is 8.78 Å². The summed E-state index contributed by atoms with van der Waals surface area (Å²) in [5, 5.41) is 0. The van der Waals surface area contributed by atoms with E-state index >= 15 is 0 Å². The second-order valence-electron chi connectivity index (χ2n) is 6.36. The van der Waals surface area contributed by atoms with Crippen LogP contribution in [0.15, 0.2) is 47.4 Å². The maximum absolute atomic E-state index is 13.9. The van der Waals surface area contributed by atoms with Gasteiger partial charge in [0.05, 0.1) is 20.3 Å². The highest BCUT2D eigenvalue weighted by atomic mass is 32.2. The Hall–Kier alpha value is -2.07. The van der Waals surface area contributed by atoms with E-state index in [9.17, 15) is 17.2 Å². The van der Waals surface area contributed by atoms with Crippen molar-refractivity contribution in [1.82, 2.24) is 9.62 Å². The van der Waals surface area contributed by atoms with E-state index in [1.165, 1.54) is 0 Å². The molecule has 9 heteroatoms. The molecular weight excluding hydrogens is 390 g/mol. The predicted octanol–water partition coefficient (Wildman–Crippen LogP) is 2.33. The van der Waals surface area contributed by atoms with Gasteiger partial charge in [-0.15, -0.1) is 0 Å². The number of morpholine rings is 1. The molecule has 28 heavy (non-hydrogen) atoms. The second kappa shape index (κ2) is 8.95. The van der Waals surface area contributed by atoms with Crippen LogP contribution in [0.5, 0.6) is 5.75 Å². The lowest BCUT2D eigenvalue weighted by Crippen LogP contribution is -2.43. The van der Waals surface area contributed by atoms with E-state index in [0.29, 0.717) is 38.1 Å². The summed E-state index contributed by atoms with van der Waals surface area (Å²) in [6, 6.07) is 9.46. The molecule has 0 aromatic heterocycles. The van der Waals surface area contributed by atoms with Gasteiger partial charge in [0.2, 0.25) is 10.0 Å². The van der Waals surface area contributed by atoms with E-state index < -0.39 is 26.6 Å². The Morgan fingerprint density at radius 3 is 2.43 bits per heavy atom. The molecule has 1 N–H and O–H groups in total. The van der Waals surface area contributed by atoms with Crippen molar-refractivity contribution < 1.29 is 26.7 Å². The standard InChI is InChI=1S/C19H22F2N2O4S/c1-26-16-5-2-14(3-6-16)18(23-8-10-27-11-9-23)13-22-28(24,25)19-7-4-15(20)12-17(19)21/h2-7,12,18,22H,8-11,13H2,1H3. The lowest BCUT2D eigenvalue weighted by molar-refractivity contribution is 0.0172. The normalized spacial score (nSPS) is 16.7. The number of nitrogens with one attached hydrogen (secondary N) is 1. The van der Waals surface area contributed by atoms with Crippen molar-refractivity contribution in [3.8, 4) is 5.75 Å². The lowest BCUT2D eigenvalue weighted by atomic mass is 10.0. The van der Waals surface area contributed by atoms with Gasteiger partial charge < -0.3 is 9.47 Å². The summed E-state index contributed by atoms with van der Waals surface area (Å²) in [6.07, 6.45) is 0. The smallest absolute Gasteiger partial charge is 0.243 e. The van der Waals surface area contributed by atoms with Gasteiger partial charge in [0.15, 0.2) is 0 Å². The maximum atomic E-state index is 13.9. The summed E-state index contributed by atoms with van der Waals surface area (Å²) in [7, 11) is -2.57. The van der Waals surface area contributed by atoms with Gasteiger partial charge in [-0.05, 0) is 29.8 Å². The Labute approximate surface area is 163 Å². The Morgan fingerprint density at radius 1 is 1.14 bits per heavy atom. The van der Waals surface area contributed by atoms with Crippen LogP contribution in [0.2, 0.25) is 0 Å². The van der Waals surface area contributed by atoms with Gasteiger partial charge in [-0.1, -0.05) is 12.1 Å². The summed E-state index contributed by atoms with van der Waals surface area (Å²) in [5.74, 6) is -1.26. The van der Waals surface area contributed by atoms with E-state index in [0.717, 1.165) is 17.7 Å². The van der Waals surface area contributed by atoms with E-state index in [2.05, 4.69) is 9.62 Å². The average molecular weight is 412 g/mol. The zero-order valence-corrected chi connectivity index (χ0v) is 16.2. The van der Waals surface area contributed by atoms with Crippen LogP contribution in [-0.4, -0.2) is 53.3 Å². The Kier molecular flexibility index (Phi) is 6.61. The van der Waals surface area contributed by atoms with Gasteiger partial charge in [0, 0.05) is 31.7 Å². The summed E-state index contributed by atoms with van der Waals surface area (Å²) in [6.45, 7) is 2.41. The van der Waals surface area contributed by atoms with Crippen molar-refractivity contribution in [2.24, 2.45) is 0 Å². The van der Waals surface area contributed by atoms with Crippen LogP contribution in [0.1, 0.15) is 11.6 Å². The molecule has 0 bridgehead atoms. The highest BCUT2D eigenvalue weighted by Crippen LogP contribution is 2.25. The molecule has 1 atom stereocenters. The summed E-state index contributed by atoms with van der Waals surface area (Å²) >= 11 is 0. The molecular formula is C19H22F2N2O4S. The number of methoxy groups -OCH3 is 1. The van der Waals surface area contributed by atoms with Gasteiger partial charge in [-0.2, -0.15) is 0 Å². The van der Waals surface area contributed by atoms with Crippen LogP contribution >= 0.6 is 0 Å². The zero-order valence-electron chi connectivity index (χ0n) is 15.4. The zero-order chi connectivity index (χ0) is 20.1. The van der Waals surface area contributed by atoms with Crippen molar-refractivity contribution in [3.63, 3.8) is 0 Å². The molecule has 0 aliphatic carbocycles. The molecule has 1 saturated heterocycles. The minimum Gasteiger partial charge on any atom is -0.497 e. The first kappa shape index (κ1) is 20.7. The molecule has 0 spiro atoms. The molecule has 0 radical (unpaired) electrons. The van der Waals surface area contributed by atoms with E-state index in [4.69, 9.17) is 9.47 Å². The fraction of sp³-hybridized carbons (Fsp3) is 0.368. The number of hydrogen-bond donors (Lipinski definition) is 1. The molecule has 0 amide bonds. The summed E-state index contributed by atoms with van der Waals surface area (Å²) < 4.78 is 65.1. The third-order valence-corrected chi connectivity index (χ3v) is 6.09. The van der Waals surface area contributed by atoms with Crippen LogP contribution < -0.4 is 9.46 Å². The molecule has 1 aliphatic heterocycles. The fourth-order valence-electron chi connectivity index (χ4n) is 3.13. The molecule has 1 aliphatic rings. The van der Waals surface area contributed by atoms with E-state index in [1.807, 2.05) is 12.1 Å². The fourth-order valence-corrected chi connectivity index (χ4v) is 4.23. The van der Waals surface area contributed by atoms with Crippen LogP contribution in [0, 0.1) is 11.6 Å². The van der Waals surface area contributed by atoms with Gasteiger partial charge in [0.1, 0.15) is 22.3 Å². The third kappa shape index (κ3) is 4.85. The molecule has 2 aromatic carbocycles.